The first kappa shape index (κ1) is 20.2. The molecule has 1 aliphatic heterocycles. The third-order valence-electron chi connectivity index (χ3n) is 4.46. The van der Waals surface area contributed by atoms with Crippen LogP contribution >= 0.6 is 0 Å². The fraction of sp³-hybridized carbons (Fsp3) is 0.316. The molecule has 0 unspecified atom stereocenters. The van der Waals surface area contributed by atoms with E-state index >= 15 is 0 Å². The molecule has 0 radical (unpaired) electrons. The summed E-state index contributed by atoms with van der Waals surface area (Å²) in [5.74, 6) is -2.92. The second-order valence-corrected chi connectivity index (χ2v) is 8.46. The molecule has 3 rings (SSSR count). The Hall–Kier alpha value is -2.52. The summed E-state index contributed by atoms with van der Waals surface area (Å²) in [5, 5.41) is 2.14. The highest BCUT2D eigenvalue weighted by Gasteiger charge is 2.26. The molecule has 0 saturated carbocycles. The summed E-state index contributed by atoms with van der Waals surface area (Å²) >= 11 is 0. The molecule has 0 spiro atoms. The van der Waals surface area contributed by atoms with Gasteiger partial charge in [-0.3, -0.25) is 4.79 Å². The SMILES string of the molecule is COc1ccc(S(=O)(=O)C[C@H]2CCOC2)cc1C(=O)Nc1c(F)cccc1F. The number of carbonyl (C=O) groups is 1. The van der Waals surface area contributed by atoms with E-state index in [4.69, 9.17) is 9.47 Å². The van der Waals surface area contributed by atoms with Crippen LogP contribution in [0.4, 0.5) is 14.5 Å². The number of methoxy groups -OCH3 is 1. The molecule has 0 bridgehead atoms. The number of anilines is 1. The van der Waals surface area contributed by atoms with Gasteiger partial charge in [-0.2, -0.15) is 0 Å². The van der Waals surface area contributed by atoms with Crippen LogP contribution < -0.4 is 10.1 Å². The van der Waals surface area contributed by atoms with Crippen molar-refractivity contribution in [1.82, 2.24) is 0 Å². The van der Waals surface area contributed by atoms with Crippen LogP contribution in [0.2, 0.25) is 0 Å². The smallest absolute Gasteiger partial charge is 0.259 e. The van der Waals surface area contributed by atoms with E-state index in [1.54, 1.807) is 0 Å². The summed E-state index contributed by atoms with van der Waals surface area (Å²) in [4.78, 5) is 12.5. The van der Waals surface area contributed by atoms with Crippen molar-refractivity contribution in [1.29, 1.82) is 0 Å². The van der Waals surface area contributed by atoms with Gasteiger partial charge >= 0.3 is 0 Å². The lowest BCUT2D eigenvalue weighted by Gasteiger charge is -2.13. The van der Waals surface area contributed by atoms with Gasteiger partial charge in [0.25, 0.3) is 5.91 Å². The molecular formula is C19H19F2NO5S. The molecule has 28 heavy (non-hydrogen) atoms. The molecule has 1 fully saturated rings. The Labute approximate surface area is 161 Å². The van der Waals surface area contributed by atoms with E-state index < -0.39 is 33.1 Å². The number of rotatable bonds is 6. The molecule has 1 saturated heterocycles. The highest BCUT2D eigenvalue weighted by molar-refractivity contribution is 7.91. The summed E-state index contributed by atoms with van der Waals surface area (Å²) in [6.07, 6.45) is 0.648. The Morgan fingerprint density at radius 1 is 1.25 bits per heavy atom. The van der Waals surface area contributed by atoms with Crippen LogP contribution in [0.3, 0.4) is 0 Å². The average Bonchev–Trinajstić information content (AvgIpc) is 3.16. The van der Waals surface area contributed by atoms with Crippen molar-refractivity contribution in [2.24, 2.45) is 5.92 Å². The Morgan fingerprint density at radius 2 is 1.96 bits per heavy atom. The van der Waals surface area contributed by atoms with Crippen LogP contribution in [0.25, 0.3) is 0 Å². The first-order valence-corrected chi connectivity index (χ1v) is 10.2. The number of halogens is 2. The second kappa shape index (κ2) is 8.24. The fourth-order valence-corrected chi connectivity index (χ4v) is 4.63. The van der Waals surface area contributed by atoms with Gasteiger partial charge in [0, 0.05) is 6.61 Å². The number of ether oxygens (including phenoxy) is 2. The van der Waals surface area contributed by atoms with Gasteiger partial charge in [0.1, 0.15) is 23.1 Å². The van der Waals surface area contributed by atoms with E-state index in [2.05, 4.69) is 5.32 Å². The van der Waals surface area contributed by atoms with E-state index in [1.807, 2.05) is 0 Å². The monoisotopic (exact) mass is 411 g/mol. The quantitative estimate of drug-likeness (QED) is 0.790. The minimum Gasteiger partial charge on any atom is -0.496 e. The summed E-state index contributed by atoms with van der Waals surface area (Å²) < 4.78 is 63.3. The molecule has 0 aliphatic carbocycles. The van der Waals surface area contributed by atoms with Crippen molar-refractivity contribution in [3.05, 3.63) is 53.6 Å². The zero-order valence-corrected chi connectivity index (χ0v) is 15.9. The standard InChI is InChI=1S/C19H19F2NO5S/c1-26-17-6-5-13(28(24,25)11-12-7-8-27-10-12)9-14(17)19(23)22-18-15(20)3-2-4-16(18)21/h2-6,9,12H,7-8,10-11H2,1H3,(H,22,23)/t12-/m0/s1. The molecule has 1 heterocycles. The number of para-hydroxylation sites is 1. The van der Waals surface area contributed by atoms with Gasteiger partial charge in [-0.05, 0) is 42.7 Å². The first-order chi connectivity index (χ1) is 13.3. The predicted molar refractivity (Wildman–Crippen MR) is 98.3 cm³/mol. The summed E-state index contributed by atoms with van der Waals surface area (Å²) in [6, 6.07) is 6.99. The van der Waals surface area contributed by atoms with Crippen LogP contribution in [0, 0.1) is 17.6 Å². The van der Waals surface area contributed by atoms with Gasteiger partial charge < -0.3 is 14.8 Å². The van der Waals surface area contributed by atoms with E-state index in [0.717, 1.165) is 18.2 Å². The number of amides is 1. The molecule has 2 aromatic carbocycles. The number of sulfone groups is 1. The highest BCUT2D eigenvalue weighted by Crippen LogP contribution is 2.27. The van der Waals surface area contributed by atoms with Crippen LogP contribution in [0.15, 0.2) is 41.3 Å². The molecular weight excluding hydrogens is 392 g/mol. The molecule has 2 aromatic rings. The minimum absolute atomic E-state index is 0.0700. The van der Waals surface area contributed by atoms with Gasteiger partial charge in [0.15, 0.2) is 9.84 Å². The van der Waals surface area contributed by atoms with Crippen LogP contribution in [-0.2, 0) is 14.6 Å². The maximum Gasteiger partial charge on any atom is 0.259 e. The molecule has 1 atom stereocenters. The lowest BCUT2D eigenvalue weighted by Crippen LogP contribution is -2.19. The number of hydrogen-bond donors (Lipinski definition) is 1. The van der Waals surface area contributed by atoms with Crippen molar-refractivity contribution in [2.45, 2.75) is 11.3 Å². The number of benzene rings is 2. The number of nitrogens with one attached hydrogen (secondary N) is 1. The molecule has 1 N–H and O–H groups in total. The predicted octanol–water partition coefficient (Wildman–Crippen LogP) is 3.04. The van der Waals surface area contributed by atoms with Crippen molar-refractivity contribution < 1.29 is 31.5 Å². The zero-order valence-electron chi connectivity index (χ0n) is 15.1. The Balaban J connectivity index is 1.91. The van der Waals surface area contributed by atoms with Gasteiger partial charge in [0.2, 0.25) is 0 Å². The van der Waals surface area contributed by atoms with Gasteiger partial charge in [-0.1, -0.05) is 6.07 Å². The lowest BCUT2D eigenvalue weighted by molar-refractivity contribution is 0.102. The highest BCUT2D eigenvalue weighted by atomic mass is 32.2. The number of carbonyl (C=O) groups excluding carboxylic acids is 1. The molecule has 150 valence electrons. The lowest BCUT2D eigenvalue weighted by atomic mass is 10.1. The third-order valence-corrected chi connectivity index (χ3v) is 6.34. The summed E-state index contributed by atoms with van der Waals surface area (Å²) in [6.45, 7) is 0.889. The van der Waals surface area contributed by atoms with E-state index in [9.17, 15) is 22.0 Å². The van der Waals surface area contributed by atoms with Crippen LogP contribution in [0.5, 0.6) is 5.75 Å². The first-order valence-electron chi connectivity index (χ1n) is 8.55. The number of hydrogen-bond acceptors (Lipinski definition) is 5. The molecule has 1 amide bonds. The third kappa shape index (κ3) is 4.31. The second-order valence-electron chi connectivity index (χ2n) is 6.42. The van der Waals surface area contributed by atoms with Crippen molar-refractivity contribution in [2.75, 3.05) is 31.4 Å². The topological polar surface area (TPSA) is 81.7 Å². The van der Waals surface area contributed by atoms with Crippen LogP contribution in [0.1, 0.15) is 16.8 Å². The summed E-state index contributed by atoms with van der Waals surface area (Å²) in [5.41, 5.74) is -0.764. The van der Waals surface area contributed by atoms with Crippen molar-refractivity contribution in [3.63, 3.8) is 0 Å². The zero-order chi connectivity index (χ0) is 20.3. The van der Waals surface area contributed by atoms with Crippen LogP contribution in [-0.4, -0.2) is 40.4 Å². The van der Waals surface area contributed by atoms with Gasteiger partial charge in [0.05, 0.1) is 29.9 Å². The normalized spacial score (nSPS) is 16.8. The Bertz CT molecular complexity index is 968. The maximum absolute atomic E-state index is 13.8. The average molecular weight is 411 g/mol. The van der Waals surface area contributed by atoms with Gasteiger partial charge in [-0.25, -0.2) is 17.2 Å². The van der Waals surface area contributed by atoms with E-state index in [1.165, 1.54) is 25.3 Å². The van der Waals surface area contributed by atoms with E-state index in [0.29, 0.717) is 19.6 Å². The Morgan fingerprint density at radius 3 is 2.57 bits per heavy atom. The van der Waals surface area contributed by atoms with Gasteiger partial charge in [-0.15, -0.1) is 0 Å². The summed E-state index contributed by atoms with van der Waals surface area (Å²) in [7, 11) is -2.37. The molecule has 1 aliphatic rings. The molecule has 9 heteroatoms. The fourth-order valence-electron chi connectivity index (χ4n) is 2.98. The maximum atomic E-state index is 13.8. The largest absolute Gasteiger partial charge is 0.496 e. The minimum atomic E-state index is -3.68. The van der Waals surface area contributed by atoms with E-state index in [-0.39, 0.29) is 27.9 Å². The van der Waals surface area contributed by atoms with Crippen molar-refractivity contribution in [3.8, 4) is 5.75 Å². The molecule has 6 nitrogen and oxygen atoms in total. The van der Waals surface area contributed by atoms with Crippen molar-refractivity contribution >= 4 is 21.4 Å². The Kier molecular flexibility index (Phi) is 5.95. The molecule has 0 aromatic heterocycles.